The zero-order valence-electron chi connectivity index (χ0n) is 10.7. The molecule has 1 aliphatic heterocycles. The Bertz CT molecular complexity index is 580. The summed E-state index contributed by atoms with van der Waals surface area (Å²) in [6, 6.07) is 11.5. The predicted molar refractivity (Wildman–Crippen MR) is 76.1 cm³/mol. The molecule has 1 atom stereocenters. The van der Waals surface area contributed by atoms with E-state index in [2.05, 4.69) is 0 Å². The van der Waals surface area contributed by atoms with Gasteiger partial charge in [-0.2, -0.15) is 0 Å². The molecule has 1 aromatic carbocycles. The van der Waals surface area contributed by atoms with Crippen LogP contribution in [0, 0.1) is 6.92 Å². The summed E-state index contributed by atoms with van der Waals surface area (Å²) in [4.78, 5) is 14.5. The summed E-state index contributed by atoms with van der Waals surface area (Å²) in [7, 11) is 0. The van der Waals surface area contributed by atoms with E-state index in [4.69, 9.17) is 4.42 Å². The number of rotatable bonds is 2. The van der Waals surface area contributed by atoms with Gasteiger partial charge in [-0.05, 0) is 30.7 Å². The fraction of sp³-hybridized carbons (Fsp3) is 0.267. The highest BCUT2D eigenvalue weighted by molar-refractivity contribution is 7.99. The average Bonchev–Trinajstić information content (AvgIpc) is 3.09. The van der Waals surface area contributed by atoms with Gasteiger partial charge >= 0.3 is 0 Å². The van der Waals surface area contributed by atoms with Crippen LogP contribution in [-0.2, 0) is 0 Å². The summed E-state index contributed by atoms with van der Waals surface area (Å²) in [5.74, 6) is 1.89. The molecule has 3 rings (SSSR count). The number of benzene rings is 1. The van der Waals surface area contributed by atoms with E-state index in [1.165, 1.54) is 0 Å². The van der Waals surface area contributed by atoms with Crippen LogP contribution in [0.1, 0.15) is 27.1 Å². The molecule has 2 aromatic rings. The Morgan fingerprint density at radius 1 is 1.32 bits per heavy atom. The van der Waals surface area contributed by atoms with Crippen LogP contribution in [0.25, 0.3) is 0 Å². The van der Waals surface area contributed by atoms with Crippen molar-refractivity contribution < 1.29 is 9.21 Å². The van der Waals surface area contributed by atoms with Crippen molar-refractivity contribution >= 4 is 17.7 Å². The highest BCUT2D eigenvalue weighted by Crippen LogP contribution is 2.39. The van der Waals surface area contributed by atoms with Crippen LogP contribution in [0.2, 0.25) is 0 Å². The van der Waals surface area contributed by atoms with Gasteiger partial charge in [0.25, 0.3) is 5.91 Å². The molecule has 19 heavy (non-hydrogen) atoms. The summed E-state index contributed by atoms with van der Waals surface area (Å²) in [5.41, 5.74) is 1.80. The normalized spacial score (nSPS) is 18.8. The Hall–Kier alpha value is -1.68. The van der Waals surface area contributed by atoms with E-state index < -0.39 is 0 Å². The lowest BCUT2D eigenvalue weighted by Crippen LogP contribution is -2.30. The molecule has 2 heterocycles. The first-order chi connectivity index (χ1) is 9.27. The van der Waals surface area contributed by atoms with Crippen LogP contribution >= 0.6 is 11.8 Å². The van der Waals surface area contributed by atoms with Gasteiger partial charge in [0.15, 0.2) is 0 Å². The van der Waals surface area contributed by atoms with Crippen LogP contribution in [-0.4, -0.2) is 23.1 Å². The van der Waals surface area contributed by atoms with Gasteiger partial charge in [-0.3, -0.25) is 4.79 Å². The molecule has 0 unspecified atom stereocenters. The Labute approximate surface area is 116 Å². The number of furan rings is 1. The third kappa shape index (κ3) is 2.28. The second kappa shape index (κ2) is 5.13. The fourth-order valence-corrected chi connectivity index (χ4v) is 3.52. The van der Waals surface area contributed by atoms with Crippen molar-refractivity contribution in [1.82, 2.24) is 4.90 Å². The first-order valence-electron chi connectivity index (χ1n) is 6.29. The molecule has 1 fully saturated rings. The highest BCUT2D eigenvalue weighted by atomic mass is 32.2. The standard InChI is InChI=1S/C15H15NO2S/c1-11-5-2-3-6-12(11)14(17)16-8-10-19-15(16)13-7-4-9-18-13/h2-7,9,15H,8,10H2,1H3/t15-/m0/s1. The minimum absolute atomic E-state index is 0.00195. The zero-order chi connectivity index (χ0) is 13.2. The zero-order valence-corrected chi connectivity index (χ0v) is 11.5. The van der Waals surface area contributed by atoms with Crippen molar-refractivity contribution in [3.05, 3.63) is 59.5 Å². The first kappa shape index (κ1) is 12.4. The van der Waals surface area contributed by atoms with Gasteiger partial charge in [-0.1, -0.05) is 18.2 Å². The van der Waals surface area contributed by atoms with Crippen molar-refractivity contribution in [3.8, 4) is 0 Å². The minimum atomic E-state index is 0.00195. The van der Waals surface area contributed by atoms with Crippen molar-refractivity contribution in [2.75, 3.05) is 12.3 Å². The number of nitrogens with zero attached hydrogens (tertiary/aromatic N) is 1. The second-order valence-corrected chi connectivity index (χ2v) is 5.74. The lowest BCUT2D eigenvalue weighted by atomic mass is 10.1. The molecule has 0 N–H and O–H groups in total. The number of carbonyl (C=O) groups excluding carboxylic acids is 1. The molecule has 3 nitrogen and oxygen atoms in total. The number of carbonyl (C=O) groups is 1. The summed E-state index contributed by atoms with van der Waals surface area (Å²) < 4.78 is 5.45. The van der Waals surface area contributed by atoms with Gasteiger partial charge < -0.3 is 9.32 Å². The second-order valence-electron chi connectivity index (χ2n) is 4.55. The number of hydrogen-bond acceptors (Lipinski definition) is 3. The summed E-state index contributed by atoms with van der Waals surface area (Å²) in [5, 5.41) is 0.00195. The van der Waals surface area contributed by atoms with Crippen LogP contribution in [0.5, 0.6) is 0 Å². The third-order valence-electron chi connectivity index (χ3n) is 3.31. The van der Waals surface area contributed by atoms with Gasteiger partial charge in [0.05, 0.1) is 6.26 Å². The number of amides is 1. The Morgan fingerprint density at radius 3 is 2.89 bits per heavy atom. The van der Waals surface area contributed by atoms with Crippen molar-refractivity contribution in [2.45, 2.75) is 12.3 Å². The van der Waals surface area contributed by atoms with Gasteiger partial charge in [-0.15, -0.1) is 11.8 Å². The number of hydrogen-bond donors (Lipinski definition) is 0. The molecule has 0 radical (unpaired) electrons. The summed E-state index contributed by atoms with van der Waals surface area (Å²) in [6.07, 6.45) is 1.66. The number of aryl methyl sites for hydroxylation is 1. The first-order valence-corrected chi connectivity index (χ1v) is 7.34. The average molecular weight is 273 g/mol. The lowest BCUT2D eigenvalue weighted by molar-refractivity contribution is 0.0748. The van der Waals surface area contributed by atoms with Crippen molar-refractivity contribution in [3.63, 3.8) is 0 Å². The Balaban J connectivity index is 1.89. The molecular weight excluding hydrogens is 258 g/mol. The maximum atomic E-state index is 12.6. The van der Waals surface area contributed by atoms with Gasteiger partial charge in [-0.25, -0.2) is 0 Å². The SMILES string of the molecule is Cc1ccccc1C(=O)N1CCS[C@H]1c1ccco1. The molecular formula is C15H15NO2S. The van der Waals surface area contributed by atoms with Gasteiger partial charge in [0, 0.05) is 17.9 Å². The predicted octanol–water partition coefficient (Wildman–Crippen LogP) is 3.48. The maximum absolute atomic E-state index is 12.6. The fourth-order valence-electron chi connectivity index (χ4n) is 2.31. The van der Waals surface area contributed by atoms with E-state index in [1.807, 2.05) is 48.2 Å². The lowest BCUT2D eigenvalue weighted by Gasteiger charge is -2.23. The molecule has 0 bridgehead atoms. The Kier molecular flexibility index (Phi) is 3.34. The maximum Gasteiger partial charge on any atom is 0.255 e. The Morgan fingerprint density at radius 2 is 2.16 bits per heavy atom. The van der Waals surface area contributed by atoms with Crippen molar-refractivity contribution in [1.29, 1.82) is 0 Å². The molecule has 4 heteroatoms. The molecule has 1 aromatic heterocycles. The molecule has 1 amide bonds. The molecule has 0 aliphatic carbocycles. The summed E-state index contributed by atoms with van der Waals surface area (Å²) in [6.45, 7) is 2.74. The van der Waals surface area contributed by atoms with Crippen LogP contribution < -0.4 is 0 Å². The highest BCUT2D eigenvalue weighted by Gasteiger charge is 2.33. The van der Waals surface area contributed by atoms with E-state index in [1.54, 1.807) is 18.0 Å². The van der Waals surface area contributed by atoms with E-state index in [9.17, 15) is 4.79 Å². The topological polar surface area (TPSA) is 33.5 Å². The van der Waals surface area contributed by atoms with Crippen molar-refractivity contribution in [2.24, 2.45) is 0 Å². The molecule has 1 saturated heterocycles. The number of thioether (sulfide) groups is 1. The minimum Gasteiger partial charge on any atom is -0.466 e. The van der Waals surface area contributed by atoms with E-state index in [0.29, 0.717) is 0 Å². The third-order valence-corrected chi connectivity index (χ3v) is 4.53. The van der Waals surface area contributed by atoms with E-state index in [0.717, 1.165) is 29.2 Å². The van der Waals surface area contributed by atoms with Crippen LogP contribution in [0.15, 0.2) is 47.1 Å². The van der Waals surface area contributed by atoms with Gasteiger partial charge in [0.1, 0.15) is 11.1 Å². The molecule has 0 spiro atoms. The van der Waals surface area contributed by atoms with E-state index >= 15 is 0 Å². The quantitative estimate of drug-likeness (QED) is 0.840. The monoisotopic (exact) mass is 273 g/mol. The van der Waals surface area contributed by atoms with E-state index in [-0.39, 0.29) is 11.3 Å². The molecule has 1 aliphatic rings. The summed E-state index contributed by atoms with van der Waals surface area (Å²) >= 11 is 1.75. The smallest absolute Gasteiger partial charge is 0.255 e. The van der Waals surface area contributed by atoms with Crippen LogP contribution in [0.3, 0.4) is 0 Å². The van der Waals surface area contributed by atoms with Crippen LogP contribution in [0.4, 0.5) is 0 Å². The molecule has 0 saturated carbocycles. The van der Waals surface area contributed by atoms with Gasteiger partial charge in [0.2, 0.25) is 0 Å². The largest absolute Gasteiger partial charge is 0.466 e. The molecule has 98 valence electrons.